The summed E-state index contributed by atoms with van der Waals surface area (Å²) in [7, 11) is 0. The number of ketones is 1. The van der Waals surface area contributed by atoms with Crippen molar-refractivity contribution in [2.45, 2.75) is 20.3 Å². The minimum absolute atomic E-state index is 0.0268. The van der Waals surface area contributed by atoms with Crippen LogP contribution in [0.3, 0.4) is 0 Å². The molecule has 140 valence electrons. The highest BCUT2D eigenvalue weighted by atomic mass is 32.1. The van der Waals surface area contributed by atoms with Gasteiger partial charge in [0.05, 0.1) is 12.0 Å². The number of aromatic nitrogens is 2. The molecule has 0 saturated heterocycles. The lowest BCUT2D eigenvalue weighted by atomic mass is 10.0. The van der Waals surface area contributed by atoms with Crippen molar-refractivity contribution < 1.29 is 14.0 Å². The molecule has 0 aliphatic carbocycles. The predicted octanol–water partition coefficient (Wildman–Crippen LogP) is 4.64. The van der Waals surface area contributed by atoms with Crippen LogP contribution in [0.5, 0.6) is 0 Å². The normalized spacial score (nSPS) is 10.9. The van der Waals surface area contributed by atoms with Crippen LogP contribution >= 0.6 is 11.5 Å². The Morgan fingerprint density at radius 2 is 1.93 bits per heavy atom. The van der Waals surface area contributed by atoms with E-state index in [2.05, 4.69) is 14.7 Å². The molecule has 0 aliphatic rings. The third kappa shape index (κ3) is 3.57. The van der Waals surface area contributed by atoms with Gasteiger partial charge in [-0.1, -0.05) is 42.5 Å². The second-order valence-corrected chi connectivity index (χ2v) is 7.21. The minimum Gasteiger partial charge on any atom is -0.461 e. The summed E-state index contributed by atoms with van der Waals surface area (Å²) < 4.78 is 9.97. The van der Waals surface area contributed by atoms with Gasteiger partial charge in [-0.05, 0) is 30.7 Å². The van der Waals surface area contributed by atoms with Crippen molar-refractivity contribution in [3.05, 3.63) is 65.7 Å². The van der Waals surface area contributed by atoms with Crippen molar-refractivity contribution in [2.75, 3.05) is 5.32 Å². The summed E-state index contributed by atoms with van der Waals surface area (Å²) in [6.07, 6.45) is 0.155. The zero-order chi connectivity index (χ0) is 19.7. The maximum Gasteiger partial charge on any atom is 0.261 e. The molecule has 0 saturated carbocycles. The Bertz CT molecular complexity index is 1190. The Kier molecular flexibility index (Phi) is 4.75. The van der Waals surface area contributed by atoms with E-state index in [1.54, 1.807) is 13.0 Å². The zero-order valence-corrected chi connectivity index (χ0v) is 16.2. The maximum atomic E-state index is 12.7. The standard InChI is InChI=1S/C21H17N3O3S/c1-12(25)10-19-22-21(28-24-19)23-20(26)17-11-18(27-13(17)2)16-9-5-7-14-6-3-4-8-15(14)16/h3-9,11H,10H2,1-2H3,(H,22,23,24,26). The first-order chi connectivity index (χ1) is 13.5. The monoisotopic (exact) mass is 391 g/mol. The van der Waals surface area contributed by atoms with Crippen LogP contribution in [0, 0.1) is 6.92 Å². The second kappa shape index (κ2) is 7.36. The van der Waals surface area contributed by atoms with Gasteiger partial charge >= 0.3 is 0 Å². The van der Waals surface area contributed by atoms with Crippen LogP contribution in [0.4, 0.5) is 5.13 Å². The molecule has 2 aromatic carbocycles. The summed E-state index contributed by atoms with van der Waals surface area (Å²) in [5.41, 5.74) is 1.37. The van der Waals surface area contributed by atoms with Crippen LogP contribution in [0.25, 0.3) is 22.1 Å². The smallest absolute Gasteiger partial charge is 0.261 e. The Labute approximate surface area is 165 Å². The van der Waals surface area contributed by atoms with Gasteiger partial charge in [0, 0.05) is 17.1 Å². The number of furan rings is 1. The molecule has 0 atom stereocenters. The number of rotatable bonds is 5. The van der Waals surface area contributed by atoms with Gasteiger partial charge in [-0.3, -0.25) is 14.9 Å². The van der Waals surface area contributed by atoms with Crippen LogP contribution in [-0.2, 0) is 11.2 Å². The fourth-order valence-electron chi connectivity index (χ4n) is 3.04. The lowest BCUT2D eigenvalue weighted by Gasteiger charge is -2.03. The summed E-state index contributed by atoms with van der Waals surface area (Å²) in [4.78, 5) is 28.0. The molecule has 0 spiro atoms. The van der Waals surface area contributed by atoms with Gasteiger partial charge in [-0.25, -0.2) is 4.98 Å². The van der Waals surface area contributed by atoms with Gasteiger partial charge in [0.15, 0.2) is 5.82 Å². The van der Waals surface area contributed by atoms with E-state index in [1.807, 2.05) is 42.5 Å². The highest BCUT2D eigenvalue weighted by Crippen LogP contribution is 2.32. The number of hydrogen-bond donors (Lipinski definition) is 1. The highest BCUT2D eigenvalue weighted by Gasteiger charge is 2.19. The number of carbonyl (C=O) groups is 2. The number of amides is 1. The van der Waals surface area contributed by atoms with Crippen molar-refractivity contribution in [3.8, 4) is 11.3 Å². The molecule has 0 bridgehead atoms. The molecule has 4 aromatic rings. The molecule has 2 heterocycles. The largest absolute Gasteiger partial charge is 0.461 e. The van der Waals surface area contributed by atoms with E-state index in [0.717, 1.165) is 27.9 Å². The average Bonchev–Trinajstić information content (AvgIpc) is 3.27. The van der Waals surface area contributed by atoms with Gasteiger partial charge in [-0.15, -0.1) is 0 Å². The number of nitrogens with one attached hydrogen (secondary N) is 1. The van der Waals surface area contributed by atoms with Crippen molar-refractivity contribution in [2.24, 2.45) is 0 Å². The second-order valence-electron chi connectivity index (χ2n) is 6.46. The molecule has 0 fully saturated rings. The maximum absolute atomic E-state index is 12.7. The molecule has 7 heteroatoms. The number of fused-ring (bicyclic) bond motifs is 1. The number of aryl methyl sites for hydroxylation is 1. The summed E-state index contributed by atoms with van der Waals surface area (Å²) >= 11 is 1.05. The number of Topliss-reactive ketones (excluding diaryl/α,β-unsaturated/α-hetero) is 1. The fraction of sp³-hybridized carbons (Fsp3) is 0.143. The minimum atomic E-state index is -0.321. The van der Waals surface area contributed by atoms with Crippen LogP contribution in [0.2, 0.25) is 0 Å². The lowest BCUT2D eigenvalue weighted by Crippen LogP contribution is -2.12. The van der Waals surface area contributed by atoms with E-state index in [9.17, 15) is 9.59 Å². The molecular formula is C21H17N3O3S. The molecule has 1 N–H and O–H groups in total. The van der Waals surface area contributed by atoms with E-state index < -0.39 is 0 Å². The number of benzene rings is 2. The summed E-state index contributed by atoms with van der Waals surface area (Å²) in [5, 5.41) is 5.25. The first-order valence-corrected chi connectivity index (χ1v) is 9.50. The molecule has 1 amide bonds. The summed E-state index contributed by atoms with van der Waals surface area (Å²) in [6, 6.07) is 15.7. The quantitative estimate of drug-likeness (QED) is 0.535. The Balaban J connectivity index is 1.61. The summed E-state index contributed by atoms with van der Waals surface area (Å²) in [6.45, 7) is 3.23. The van der Waals surface area contributed by atoms with Crippen LogP contribution in [0.15, 0.2) is 52.9 Å². The Morgan fingerprint density at radius 3 is 2.75 bits per heavy atom. The number of nitrogens with zero attached hydrogens (tertiary/aromatic N) is 2. The van der Waals surface area contributed by atoms with Crippen LogP contribution in [0.1, 0.15) is 28.9 Å². The van der Waals surface area contributed by atoms with E-state index >= 15 is 0 Å². The topological polar surface area (TPSA) is 85.1 Å². The predicted molar refractivity (Wildman–Crippen MR) is 109 cm³/mol. The van der Waals surface area contributed by atoms with E-state index in [1.165, 1.54) is 6.92 Å². The van der Waals surface area contributed by atoms with Crippen molar-refractivity contribution in [1.29, 1.82) is 0 Å². The molecule has 28 heavy (non-hydrogen) atoms. The molecule has 0 radical (unpaired) electrons. The summed E-state index contributed by atoms with van der Waals surface area (Å²) in [5.74, 6) is 1.22. The zero-order valence-electron chi connectivity index (χ0n) is 15.4. The first kappa shape index (κ1) is 18.1. The van der Waals surface area contributed by atoms with E-state index in [-0.39, 0.29) is 18.1 Å². The lowest BCUT2D eigenvalue weighted by molar-refractivity contribution is -0.116. The fourth-order valence-corrected chi connectivity index (χ4v) is 3.63. The van der Waals surface area contributed by atoms with E-state index in [4.69, 9.17) is 4.42 Å². The van der Waals surface area contributed by atoms with Gasteiger partial charge in [0.25, 0.3) is 5.91 Å². The van der Waals surface area contributed by atoms with E-state index in [0.29, 0.717) is 28.0 Å². The molecular weight excluding hydrogens is 374 g/mol. The van der Waals surface area contributed by atoms with Gasteiger partial charge in [0.2, 0.25) is 5.13 Å². The van der Waals surface area contributed by atoms with Gasteiger partial charge in [-0.2, -0.15) is 4.37 Å². The SMILES string of the molecule is CC(=O)Cc1nsc(NC(=O)c2cc(-c3cccc4ccccc34)oc2C)n1. The van der Waals surface area contributed by atoms with Crippen molar-refractivity contribution in [1.82, 2.24) is 9.36 Å². The highest BCUT2D eigenvalue weighted by molar-refractivity contribution is 7.09. The molecule has 0 unspecified atom stereocenters. The molecule has 0 aliphatic heterocycles. The Hall–Kier alpha value is -3.32. The van der Waals surface area contributed by atoms with Gasteiger partial charge in [0.1, 0.15) is 17.3 Å². The third-order valence-corrected chi connectivity index (χ3v) is 4.98. The molecule has 4 rings (SSSR count). The van der Waals surface area contributed by atoms with Crippen LogP contribution < -0.4 is 5.32 Å². The number of hydrogen-bond acceptors (Lipinski definition) is 6. The van der Waals surface area contributed by atoms with Crippen LogP contribution in [-0.4, -0.2) is 21.0 Å². The number of carbonyl (C=O) groups excluding carboxylic acids is 2. The third-order valence-electron chi connectivity index (χ3n) is 4.31. The van der Waals surface area contributed by atoms with Crippen molar-refractivity contribution in [3.63, 3.8) is 0 Å². The average molecular weight is 391 g/mol. The van der Waals surface area contributed by atoms with Crippen molar-refractivity contribution >= 4 is 39.1 Å². The molecule has 6 nitrogen and oxygen atoms in total. The number of anilines is 1. The molecule has 2 aromatic heterocycles. The Morgan fingerprint density at radius 1 is 1.14 bits per heavy atom. The van der Waals surface area contributed by atoms with Gasteiger partial charge < -0.3 is 4.42 Å². The first-order valence-electron chi connectivity index (χ1n) is 8.73.